The van der Waals surface area contributed by atoms with Gasteiger partial charge in [-0.05, 0) is 55.0 Å². The summed E-state index contributed by atoms with van der Waals surface area (Å²) in [6, 6.07) is 12.6. The van der Waals surface area contributed by atoms with E-state index in [1.54, 1.807) is 34.0 Å². The van der Waals surface area contributed by atoms with Crippen LogP contribution in [0.15, 0.2) is 65.7 Å². The topological polar surface area (TPSA) is 59.1 Å². The van der Waals surface area contributed by atoms with Crippen molar-refractivity contribution in [2.45, 2.75) is 32.4 Å². The molecule has 0 atom stereocenters. The Bertz CT molecular complexity index is 1430. The Kier molecular flexibility index (Phi) is 6.42. The lowest BCUT2D eigenvalue weighted by Crippen LogP contribution is -2.40. The molecule has 2 amide bonds. The molecular formula is C26H22BrF2N4O2+. The van der Waals surface area contributed by atoms with Crippen molar-refractivity contribution in [3.8, 4) is 0 Å². The molecule has 3 aromatic carbocycles. The van der Waals surface area contributed by atoms with Crippen molar-refractivity contribution < 1.29 is 22.9 Å². The molecule has 0 saturated heterocycles. The highest BCUT2D eigenvalue weighted by Gasteiger charge is 2.32. The molecule has 5 rings (SSSR count). The van der Waals surface area contributed by atoms with Gasteiger partial charge in [0.2, 0.25) is 6.33 Å². The summed E-state index contributed by atoms with van der Waals surface area (Å²) in [5, 5.41) is 5.86. The second kappa shape index (κ2) is 9.65. The van der Waals surface area contributed by atoms with Gasteiger partial charge in [0.1, 0.15) is 18.2 Å². The Morgan fingerprint density at radius 2 is 1.69 bits per heavy atom. The summed E-state index contributed by atoms with van der Waals surface area (Å²) in [6.45, 7) is 1.26. The van der Waals surface area contributed by atoms with Crippen LogP contribution in [-0.2, 0) is 13.1 Å². The van der Waals surface area contributed by atoms with Gasteiger partial charge in [-0.15, -0.1) is 4.68 Å². The standard InChI is InChI=1S/C26H22BrF2N4O2/c27-22-10-9-21-24-19(22)5-4-6-20(24)25(34)33(26(21)35)12-3-1-2-11-32-16-31(15-30-32)14-17-7-8-18(28)13-23(17)29/h4-10,13,15-16H,1-3,11-12,14H2/q+1. The molecule has 178 valence electrons. The SMILES string of the molecule is O=C1c2cccc3c(Br)ccc(c23)C(=O)N1CCCCCn1c[n+](Cc2ccc(F)cc2F)cn1. The summed E-state index contributed by atoms with van der Waals surface area (Å²) in [6.07, 6.45) is 5.67. The molecule has 6 nitrogen and oxygen atoms in total. The highest BCUT2D eigenvalue weighted by Crippen LogP contribution is 2.34. The lowest BCUT2D eigenvalue weighted by atomic mass is 9.94. The number of rotatable bonds is 8. The third kappa shape index (κ3) is 4.60. The largest absolute Gasteiger partial charge is 0.274 e. The van der Waals surface area contributed by atoms with Crippen molar-refractivity contribution in [3.05, 3.63) is 94.0 Å². The number of unbranched alkanes of at least 4 members (excludes halogenated alkanes) is 2. The maximum atomic E-state index is 13.9. The minimum Gasteiger partial charge on any atom is -0.274 e. The summed E-state index contributed by atoms with van der Waals surface area (Å²) in [5.74, 6) is -1.70. The average molecular weight is 540 g/mol. The van der Waals surface area contributed by atoms with Crippen LogP contribution in [0.2, 0.25) is 0 Å². The molecule has 4 aromatic rings. The van der Waals surface area contributed by atoms with Gasteiger partial charge < -0.3 is 0 Å². The van der Waals surface area contributed by atoms with Crippen molar-refractivity contribution in [1.29, 1.82) is 0 Å². The van der Waals surface area contributed by atoms with Crippen LogP contribution in [-0.4, -0.2) is 33.0 Å². The molecule has 0 fully saturated rings. The van der Waals surface area contributed by atoms with E-state index in [1.165, 1.54) is 17.0 Å². The van der Waals surface area contributed by atoms with Gasteiger partial charge in [0.15, 0.2) is 0 Å². The summed E-state index contributed by atoms with van der Waals surface area (Å²) in [7, 11) is 0. The third-order valence-corrected chi connectivity index (χ3v) is 6.90. The van der Waals surface area contributed by atoms with E-state index in [0.29, 0.717) is 41.6 Å². The number of aryl methyl sites for hydroxylation is 1. The summed E-state index contributed by atoms with van der Waals surface area (Å²) >= 11 is 3.50. The molecule has 2 heterocycles. The molecule has 0 aliphatic carbocycles. The van der Waals surface area contributed by atoms with Gasteiger partial charge in [0.05, 0.1) is 6.54 Å². The first-order valence-corrected chi connectivity index (χ1v) is 12.1. The number of carbonyl (C=O) groups excluding carboxylic acids is 2. The molecule has 0 N–H and O–H groups in total. The van der Waals surface area contributed by atoms with E-state index in [4.69, 9.17) is 0 Å². The Balaban J connectivity index is 1.15. The van der Waals surface area contributed by atoms with Crippen LogP contribution in [0.4, 0.5) is 8.78 Å². The molecule has 9 heteroatoms. The highest BCUT2D eigenvalue weighted by atomic mass is 79.9. The fourth-order valence-corrected chi connectivity index (χ4v) is 4.90. The van der Waals surface area contributed by atoms with Gasteiger partial charge in [0, 0.05) is 44.3 Å². The van der Waals surface area contributed by atoms with Crippen LogP contribution >= 0.6 is 15.9 Å². The molecule has 1 aliphatic rings. The molecule has 0 saturated carbocycles. The zero-order valence-electron chi connectivity index (χ0n) is 18.8. The minimum absolute atomic E-state index is 0.257. The first-order chi connectivity index (χ1) is 16.9. The third-order valence-electron chi connectivity index (χ3n) is 6.21. The van der Waals surface area contributed by atoms with Crippen molar-refractivity contribution in [3.63, 3.8) is 0 Å². The average Bonchev–Trinajstić information content (AvgIpc) is 3.29. The highest BCUT2D eigenvalue weighted by molar-refractivity contribution is 9.10. The first kappa shape index (κ1) is 23.3. The number of benzene rings is 3. The van der Waals surface area contributed by atoms with Gasteiger partial charge in [-0.3, -0.25) is 14.5 Å². The van der Waals surface area contributed by atoms with E-state index in [9.17, 15) is 18.4 Å². The number of aromatic nitrogens is 3. The van der Waals surface area contributed by atoms with Crippen LogP contribution in [0.5, 0.6) is 0 Å². The number of halogens is 3. The number of carbonyl (C=O) groups is 2. The summed E-state index contributed by atoms with van der Waals surface area (Å²) in [5.41, 5.74) is 1.49. The Labute approximate surface area is 208 Å². The van der Waals surface area contributed by atoms with Crippen molar-refractivity contribution in [2.24, 2.45) is 0 Å². The lowest BCUT2D eigenvalue weighted by molar-refractivity contribution is -0.689. The Morgan fingerprint density at radius 3 is 2.49 bits per heavy atom. The number of hydrogen-bond donors (Lipinski definition) is 0. The second-order valence-electron chi connectivity index (χ2n) is 8.56. The van der Waals surface area contributed by atoms with E-state index in [-0.39, 0.29) is 18.4 Å². The summed E-state index contributed by atoms with van der Waals surface area (Å²) < 4.78 is 31.3. The number of hydrogen-bond acceptors (Lipinski definition) is 3. The molecule has 0 unspecified atom stereocenters. The zero-order chi connectivity index (χ0) is 24.5. The van der Waals surface area contributed by atoms with Gasteiger partial charge in [0.25, 0.3) is 18.1 Å². The van der Waals surface area contributed by atoms with E-state index in [2.05, 4.69) is 21.0 Å². The fraction of sp³-hybridized carbons (Fsp3) is 0.231. The maximum Gasteiger partial charge on any atom is 0.265 e. The van der Waals surface area contributed by atoms with Crippen LogP contribution < -0.4 is 4.57 Å². The second-order valence-corrected chi connectivity index (χ2v) is 9.42. The fourth-order valence-electron chi connectivity index (χ4n) is 4.44. The number of nitrogens with zero attached hydrogens (tertiary/aromatic N) is 4. The van der Waals surface area contributed by atoms with Gasteiger partial charge in [-0.25, -0.2) is 13.3 Å². The Hall–Kier alpha value is -3.46. The molecule has 35 heavy (non-hydrogen) atoms. The quantitative estimate of drug-likeness (QED) is 0.182. The van der Waals surface area contributed by atoms with E-state index in [0.717, 1.165) is 28.8 Å². The van der Waals surface area contributed by atoms with Crippen molar-refractivity contribution in [1.82, 2.24) is 14.7 Å². The predicted molar refractivity (Wildman–Crippen MR) is 129 cm³/mol. The summed E-state index contributed by atoms with van der Waals surface area (Å²) in [4.78, 5) is 27.4. The molecular weight excluding hydrogens is 518 g/mol. The molecule has 1 aliphatic heterocycles. The Morgan fingerprint density at radius 1 is 0.914 bits per heavy atom. The lowest BCUT2D eigenvalue weighted by Gasteiger charge is -2.27. The zero-order valence-corrected chi connectivity index (χ0v) is 20.3. The monoisotopic (exact) mass is 539 g/mol. The van der Waals surface area contributed by atoms with E-state index >= 15 is 0 Å². The van der Waals surface area contributed by atoms with E-state index < -0.39 is 11.6 Å². The number of imide groups is 1. The maximum absolute atomic E-state index is 13.9. The van der Waals surface area contributed by atoms with E-state index in [1.807, 2.05) is 18.2 Å². The first-order valence-electron chi connectivity index (χ1n) is 11.4. The van der Waals surface area contributed by atoms with Gasteiger partial charge in [-0.1, -0.05) is 28.1 Å². The number of amides is 2. The van der Waals surface area contributed by atoms with Gasteiger partial charge in [-0.2, -0.15) is 0 Å². The van der Waals surface area contributed by atoms with Crippen LogP contribution in [0.25, 0.3) is 10.8 Å². The van der Waals surface area contributed by atoms with Crippen molar-refractivity contribution in [2.75, 3.05) is 6.54 Å². The minimum atomic E-state index is -0.603. The smallest absolute Gasteiger partial charge is 0.265 e. The molecule has 0 spiro atoms. The van der Waals surface area contributed by atoms with Crippen molar-refractivity contribution >= 4 is 38.5 Å². The normalized spacial score (nSPS) is 13.2. The van der Waals surface area contributed by atoms with Gasteiger partial charge >= 0.3 is 0 Å². The molecule has 0 radical (unpaired) electrons. The van der Waals surface area contributed by atoms with Crippen LogP contribution in [0.3, 0.4) is 0 Å². The van der Waals surface area contributed by atoms with Crippen LogP contribution in [0.1, 0.15) is 45.5 Å². The van der Waals surface area contributed by atoms with Crippen LogP contribution in [0, 0.1) is 11.6 Å². The molecule has 1 aromatic heterocycles. The molecule has 0 bridgehead atoms. The predicted octanol–water partition coefficient (Wildman–Crippen LogP) is 4.88.